The molecule has 3 rings (SSSR count). The standard InChI is InChI=1S/C16H19N3O3S/c1-10(20)17-11-3-5-12(6-4-11)18-15(22)13-9-23-16(2)8-7-14(21)19(13)16/h3-6,13H,7-9H2,1-2H3,(H,17,20)(H,18,22)/t13-,16+/m1/s1. The Morgan fingerprint density at radius 2 is 1.83 bits per heavy atom. The van der Waals surface area contributed by atoms with Gasteiger partial charge in [-0.1, -0.05) is 0 Å². The number of nitrogens with zero attached hydrogens (tertiary/aromatic N) is 1. The van der Waals surface area contributed by atoms with Crippen LogP contribution in [0, 0.1) is 0 Å². The second-order valence-electron chi connectivity index (χ2n) is 6.01. The zero-order valence-corrected chi connectivity index (χ0v) is 13.9. The molecule has 1 aromatic carbocycles. The van der Waals surface area contributed by atoms with Gasteiger partial charge in [-0.2, -0.15) is 0 Å². The fraction of sp³-hybridized carbons (Fsp3) is 0.438. The highest BCUT2D eigenvalue weighted by Gasteiger charge is 2.52. The summed E-state index contributed by atoms with van der Waals surface area (Å²) in [6.07, 6.45) is 1.31. The van der Waals surface area contributed by atoms with Gasteiger partial charge >= 0.3 is 0 Å². The largest absolute Gasteiger partial charge is 0.326 e. The number of thioether (sulfide) groups is 1. The molecule has 2 saturated heterocycles. The molecule has 0 saturated carbocycles. The molecule has 2 N–H and O–H groups in total. The number of carbonyl (C=O) groups excluding carboxylic acids is 3. The Kier molecular flexibility index (Phi) is 4.06. The summed E-state index contributed by atoms with van der Waals surface area (Å²) < 4.78 is 0. The predicted molar refractivity (Wildman–Crippen MR) is 90.1 cm³/mol. The third-order valence-corrected chi connectivity index (χ3v) is 5.73. The zero-order valence-electron chi connectivity index (χ0n) is 13.1. The van der Waals surface area contributed by atoms with Gasteiger partial charge in [0.2, 0.25) is 17.7 Å². The van der Waals surface area contributed by atoms with Crippen LogP contribution in [0.5, 0.6) is 0 Å². The lowest BCUT2D eigenvalue weighted by molar-refractivity contribution is -0.135. The predicted octanol–water partition coefficient (Wildman–Crippen LogP) is 2.04. The lowest BCUT2D eigenvalue weighted by Gasteiger charge is -2.29. The minimum absolute atomic E-state index is 0.0543. The number of anilines is 2. The first-order chi connectivity index (χ1) is 10.9. The number of fused-ring (bicyclic) bond motifs is 1. The summed E-state index contributed by atoms with van der Waals surface area (Å²) in [6, 6.07) is 6.50. The van der Waals surface area contributed by atoms with Crippen molar-refractivity contribution in [3.63, 3.8) is 0 Å². The van der Waals surface area contributed by atoms with E-state index >= 15 is 0 Å². The zero-order chi connectivity index (χ0) is 16.6. The van der Waals surface area contributed by atoms with Crippen LogP contribution in [0.1, 0.15) is 26.7 Å². The maximum absolute atomic E-state index is 12.5. The van der Waals surface area contributed by atoms with Crippen molar-refractivity contribution in [2.75, 3.05) is 16.4 Å². The molecule has 0 aliphatic carbocycles. The van der Waals surface area contributed by atoms with Crippen molar-refractivity contribution < 1.29 is 14.4 Å². The van der Waals surface area contributed by atoms with Gasteiger partial charge in [0.05, 0.1) is 4.87 Å². The normalized spacial score (nSPS) is 26.1. The van der Waals surface area contributed by atoms with Gasteiger partial charge in [0.15, 0.2) is 0 Å². The molecular weight excluding hydrogens is 314 g/mol. The van der Waals surface area contributed by atoms with Crippen molar-refractivity contribution in [2.45, 2.75) is 37.6 Å². The van der Waals surface area contributed by atoms with Crippen LogP contribution < -0.4 is 10.6 Å². The van der Waals surface area contributed by atoms with Gasteiger partial charge in [0.25, 0.3) is 0 Å². The van der Waals surface area contributed by atoms with Crippen molar-refractivity contribution in [2.24, 2.45) is 0 Å². The van der Waals surface area contributed by atoms with Gasteiger partial charge in [0.1, 0.15) is 6.04 Å². The average Bonchev–Trinajstić information content (AvgIpc) is 2.98. The Balaban J connectivity index is 1.67. The molecule has 0 spiro atoms. The van der Waals surface area contributed by atoms with Crippen LogP contribution in [0.25, 0.3) is 0 Å². The Hall–Kier alpha value is -2.02. The van der Waals surface area contributed by atoms with Gasteiger partial charge in [-0.15, -0.1) is 11.8 Å². The van der Waals surface area contributed by atoms with E-state index < -0.39 is 6.04 Å². The van der Waals surface area contributed by atoms with Gasteiger partial charge < -0.3 is 15.5 Å². The molecule has 6 nitrogen and oxygen atoms in total. The fourth-order valence-electron chi connectivity index (χ4n) is 3.08. The number of carbonyl (C=O) groups is 3. The maximum atomic E-state index is 12.5. The molecule has 1 aromatic rings. The molecule has 0 aromatic heterocycles. The molecule has 7 heteroatoms. The van der Waals surface area contributed by atoms with Gasteiger partial charge in [-0.05, 0) is 37.6 Å². The number of amides is 3. The lowest BCUT2D eigenvalue weighted by atomic mass is 10.2. The maximum Gasteiger partial charge on any atom is 0.248 e. The third kappa shape index (κ3) is 3.06. The Bertz CT molecular complexity index is 661. The van der Waals surface area contributed by atoms with Crippen LogP contribution >= 0.6 is 11.8 Å². The first-order valence-corrected chi connectivity index (χ1v) is 8.52. The van der Waals surface area contributed by atoms with Crippen LogP contribution in [-0.2, 0) is 14.4 Å². The molecule has 2 heterocycles. The number of hydrogen-bond acceptors (Lipinski definition) is 4. The molecule has 2 fully saturated rings. The van der Waals surface area contributed by atoms with E-state index in [-0.39, 0.29) is 22.6 Å². The summed E-state index contributed by atoms with van der Waals surface area (Å²) in [5, 5.41) is 5.53. The topological polar surface area (TPSA) is 78.5 Å². The van der Waals surface area contributed by atoms with Crippen LogP contribution in [0.15, 0.2) is 24.3 Å². The highest BCUT2D eigenvalue weighted by molar-refractivity contribution is 8.01. The van der Waals surface area contributed by atoms with Crippen molar-refractivity contribution in [3.8, 4) is 0 Å². The summed E-state index contributed by atoms with van der Waals surface area (Å²) in [7, 11) is 0. The molecule has 2 atom stereocenters. The van der Waals surface area contributed by atoms with Crippen molar-refractivity contribution >= 4 is 40.9 Å². The Morgan fingerprint density at radius 3 is 2.43 bits per heavy atom. The quantitative estimate of drug-likeness (QED) is 0.887. The second-order valence-corrected chi connectivity index (χ2v) is 7.51. The van der Waals surface area contributed by atoms with Crippen LogP contribution in [0.4, 0.5) is 11.4 Å². The molecule has 3 amide bonds. The van der Waals surface area contributed by atoms with E-state index in [1.54, 1.807) is 40.9 Å². The molecule has 122 valence electrons. The van der Waals surface area contributed by atoms with Crippen LogP contribution in [-0.4, -0.2) is 39.3 Å². The Labute approximate surface area is 139 Å². The average molecular weight is 333 g/mol. The molecule has 0 bridgehead atoms. The summed E-state index contributed by atoms with van der Waals surface area (Å²) in [5.41, 5.74) is 1.32. The molecule has 23 heavy (non-hydrogen) atoms. The second kappa shape index (κ2) is 5.88. The minimum atomic E-state index is -0.421. The van der Waals surface area contributed by atoms with Crippen LogP contribution in [0.2, 0.25) is 0 Å². The van der Waals surface area contributed by atoms with E-state index in [1.807, 2.05) is 6.92 Å². The van der Waals surface area contributed by atoms with Crippen LogP contribution in [0.3, 0.4) is 0 Å². The molecule has 2 aliphatic heterocycles. The van der Waals surface area contributed by atoms with Crippen molar-refractivity contribution in [1.82, 2.24) is 4.90 Å². The van der Waals surface area contributed by atoms with E-state index in [0.29, 0.717) is 23.5 Å². The van der Waals surface area contributed by atoms with Gasteiger partial charge in [-0.3, -0.25) is 14.4 Å². The summed E-state index contributed by atoms with van der Waals surface area (Å²) in [6.45, 7) is 3.47. The molecule has 0 radical (unpaired) electrons. The van der Waals surface area contributed by atoms with Crippen molar-refractivity contribution in [1.29, 1.82) is 0 Å². The van der Waals surface area contributed by atoms with E-state index in [0.717, 1.165) is 6.42 Å². The highest BCUT2D eigenvalue weighted by atomic mass is 32.2. The van der Waals surface area contributed by atoms with E-state index in [4.69, 9.17) is 0 Å². The lowest BCUT2D eigenvalue weighted by Crippen LogP contribution is -2.48. The number of benzene rings is 1. The first-order valence-electron chi connectivity index (χ1n) is 7.54. The van der Waals surface area contributed by atoms with Gasteiger partial charge in [0, 0.05) is 30.5 Å². The SMILES string of the molecule is CC(=O)Nc1ccc(NC(=O)[C@H]2CS[C@@]3(C)CCC(=O)N23)cc1. The molecule has 2 aliphatic rings. The first kappa shape index (κ1) is 15.9. The number of hydrogen-bond donors (Lipinski definition) is 2. The van der Waals surface area contributed by atoms with E-state index in [1.165, 1.54) is 6.92 Å². The monoisotopic (exact) mass is 333 g/mol. The Morgan fingerprint density at radius 1 is 1.22 bits per heavy atom. The van der Waals surface area contributed by atoms with Crippen molar-refractivity contribution in [3.05, 3.63) is 24.3 Å². The smallest absolute Gasteiger partial charge is 0.248 e. The molecular formula is C16H19N3O3S. The van der Waals surface area contributed by atoms with E-state index in [2.05, 4.69) is 10.6 Å². The fourth-order valence-corrected chi connectivity index (χ4v) is 4.51. The third-order valence-electron chi connectivity index (χ3n) is 4.22. The molecule has 0 unspecified atom stereocenters. The summed E-state index contributed by atoms with van der Waals surface area (Å²) in [4.78, 5) is 37.1. The number of rotatable bonds is 3. The summed E-state index contributed by atoms with van der Waals surface area (Å²) in [5.74, 6) is 0.372. The summed E-state index contributed by atoms with van der Waals surface area (Å²) >= 11 is 1.67. The van der Waals surface area contributed by atoms with Gasteiger partial charge in [-0.25, -0.2) is 0 Å². The highest BCUT2D eigenvalue weighted by Crippen LogP contribution is 2.47. The van der Waals surface area contributed by atoms with E-state index in [9.17, 15) is 14.4 Å². The number of nitrogens with one attached hydrogen (secondary N) is 2. The minimum Gasteiger partial charge on any atom is -0.326 e.